The fourth-order valence-corrected chi connectivity index (χ4v) is 5.65. The highest BCUT2D eigenvalue weighted by Gasteiger charge is 2.53. The molecule has 2 aromatic rings. The molecule has 2 aliphatic heterocycles. The monoisotopic (exact) mass is 505 g/mol. The number of aromatic nitrogens is 1. The molecule has 3 aliphatic rings. The molecule has 1 aromatic heterocycles. The maximum atomic E-state index is 13.6. The molecule has 0 radical (unpaired) electrons. The summed E-state index contributed by atoms with van der Waals surface area (Å²) in [5.74, 6) is 1.13. The number of hydrogen-bond acceptors (Lipinski definition) is 7. The van der Waals surface area contributed by atoms with Gasteiger partial charge in [-0.1, -0.05) is 6.07 Å². The maximum absolute atomic E-state index is 13.6. The van der Waals surface area contributed by atoms with Crippen molar-refractivity contribution in [2.24, 2.45) is 22.6 Å². The fraction of sp³-hybridized carbons (Fsp3) is 0.500. The van der Waals surface area contributed by atoms with Crippen LogP contribution >= 0.6 is 0 Å². The fourth-order valence-electron chi connectivity index (χ4n) is 5.65. The summed E-state index contributed by atoms with van der Waals surface area (Å²) in [6.07, 6.45) is 4.97. The van der Waals surface area contributed by atoms with Crippen LogP contribution in [0.4, 0.5) is 0 Å². The summed E-state index contributed by atoms with van der Waals surface area (Å²) < 4.78 is 11.5. The van der Waals surface area contributed by atoms with Gasteiger partial charge in [-0.05, 0) is 63.8 Å². The van der Waals surface area contributed by atoms with Crippen LogP contribution in [0.15, 0.2) is 47.7 Å². The van der Waals surface area contributed by atoms with E-state index in [1.165, 1.54) is 0 Å². The van der Waals surface area contributed by atoms with Gasteiger partial charge in [-0.3, -0.25) is 19.5 Å². The molecule has 0 bridgehead atoms. The Morgan fingerprint density at radius 3 is 2.73 bits per heavy atom. The van der Waals surface area contributed by atoms with Crippen molar-refractivity contribution in [1.29, 1.82) is 0 Å². The summed E-state index contributed by atoms with van der Waals surface area (Å²) in [5, 5.41) is 3.26. The van der Waals surface area contributed by atoms with Gasteiger partial charge in [0.1, 0.15) is 17.1 Å². The lowest BCUT2D eigenvalue weighted by Gasteiger charge is -2.39. The molecule has 1 aromatic carbocycles. The minimum atomic E-state index is -0.552. The Morgan fingerprint density at radius 1 is 1.27 bits per heavy atom. The highest BCUT2D eigenvalue weighted by atomic mass is 16.5. The highest BCUT2D eigenvalue weighted by Crippen LogP contribution is 2.51. The highest BCUT2D eigenvalue weighted by molar-refractivity contribution is 5.99. The Bertz CT molecular complexity index is 1240. The van der Waals surface area contributed by atoms with Gasteiger partial charge in [0.25, 0.3) is 0 Å². The first-order valence-corrected chi connectivity index (χ1v) is 12.7. The predicted octanol–water partition coefficient (Wildman–Crippen LogP) is 3.51. The first kappa shape index (κ1) is 25.0. The second-order valence-corrected chi connectivity index (χ2v) is 11.5. The van der Waals surface area contributed by atoms with Gasteiger partial charge in [0.2, 0.25) is 11.8 Å². The number of nitrogens with one attached hydrogen (secondary N) is 1. The van der Waals surface area contributed by atoms with Crippen LogP contribution in [0, 0.1) is 11.8 Å². The van der Waals surface area contributed by atoms with Crippen molar-refractivity contribution in [3.8, 4) is 11.5 Å². The van der Waals surface area contributed by atoms with Crippen molar-refractivity contribution < 1.29 is 19.1 Å². The Balaban J connectivity index is 1.39. The van der Waals surface area contributed by atoms with Crippen LogP contribution in [-0.4, -0.2) is 45.9 Å². The number of methoxy groups -OCH3 is 1. The molecule has 37 heavy (non-hydrogen) atoms. The average Bonchev–Trinajstić information content (AvgIpc) is 3.60. The Kier molecular flexibility index (Phi) is 6.12. The molecular weight excluding hydrogens is 470 g/mol. The first-order chi connectivity index (χ1) is 17.5. The van der Waals surface area contributed by atoms with Crippen molar-refractivity contribution in [2.45, 2.75) is 70.2 Å². The van der Waals surface area contributed by atoms with E-state index in [-0.39, 0.29) is 42.1 Å². The Morgan fingerprint density at radius 2 is 2.05 bits per heavy atom. The molecule has 5 rings (SSSR count). The molecule has 2 unspecified atom stereocenters. The minimum absolute atomic E-state index is 0.0383. The number of ether oxygens (including phenoxy) is 2. The number of hydrogen-bond donors (Lipinski definition) is 2. The van der Waals surface area contributed by atoms with Crippen molar-refractivity contribution >= 4 is 17.8 Å². The van der Waals surface area contributed by atoms with Gasteiger partial charge < -0.3 is 20.5 Å². The summed E-state index contributed by atoms with van der Waals surface area (Å²) in [4.78, 5) is 37.2. The van der Waals surface area contributed by atoms with Crippen LogP contribution in [0.2, 0.25) is 0 Å². The summed E-state index contributed by atoms with van der Waals surface area (Å²) in [6, 6.07) is 8.85. The molecule has 0 saturated heterocycles. The van der Waals surface area contributed by atoms with Crippen LogP contribution in [0.25, 0.3) is 0 Å². The standard InChI is InChI=1S/C28H35N5O4/c1-27(2)14-23(34)33(26(29)32-27)24(16-7-6-10-30-15-16)19-12-20(19)25(35)31-21-13-28(3,4)37-22-11-17(36-5)8-9-18(21)22/h6-11,15,19-21,24H,12-14H2,1-5H3,(H2,29,32)(H,31,35)/t19?,20?,21-,24-/m0/s1. The number of benzene rings is 1. The number of nitrogens with zero attached hydrogens (tertiary/aromatic N) is 3. The third-order valence-electron chi connectivity index (χ3n) is 7.40. The molecule has 1 fully saturated rings. The molecule has 0 spiro atoms. The number of fused-ring (bicyclic) bond motifs is 1. The third-order valence-corrected chi connectivity index (χ3v) is 7.40. The number of amides is 2. The topological polar surface area (TPSA) is 119 Å². The SMILES string of the molecule is COc1ccc2c(c1)OC(C)(C)C[C@@H]2NC(=O)C1CC1[C@H](c1cccnc1)N1C(=O)CC(C)(C)N=C1N. The molecular formula is C28H35N5O4. The second-order valence-electron chi connectivity index (χ2n) is 11.5. The molecule has 9 nitrogen and oxygen atoms in total. The van der Waals surface area contributed by atoms with Crippen molar-refractivity contribution in [1.82, 2.24) is 15.2 Å². The Hall–Kier alpha value is -3.62. The van der Waals surface area contributed by atoms with E-state index in [1.807, 2.05) is 58.0 Å². The lowest BCUT2D eigenvalue weighted by atomic mass is 9.89. The summed E-state index contributed by atoms with van der Waals surface area (Å²) in [6.45, 7) is 7.81. The minimum Gasteiger partial charge on any atom is -0.497 e. The number of carbonyl (C=O) groups excluding carboxylic acids is 2. The lowest BCUT2D eigenvalue weighted by Crippen LogP contribution is -2.52. The summed E-state index contributed by atoms with van der Waals surface area (Å²) >= 11 is 0. The first-order valence-electron chi connectivity index (χ1n) is 12.7. The van der Waals surface area contributed by atoms with Crippen LogP contribution in [0.3, 0.4) is 0 Å². The van der Waals surface area contributed by atoms with E-state index in [0.717, 1.165) is 11.1 Å². The second kappa shape index (κ2) is 9.04. The number of nitrogens with two attached hydrogens (primary N) is 1. The van der Waals surface area contributed by atoms with Gasteiger partial charge in [-0.2, -0.15) is 0 Å². The van der Waals surface area contributed by atoms with Crippen molar-refractivity contribution in [3.63, 3.8) is 0 Å². The number of guanidine groups is 1. The van der Waals surface area contributed by atoms with Gasteiger partial charge >= 0.3 is 0 Å². The van der Waals surface area contributed by atoms with E-state index >= 15 is 0 Å². The van der Waals surface area contributed by atoms with Gasteiger partial charge in [0.05, 0.1) is 31.2 Å². The van der Waals surface area contributed by atoms with Gasteiger partial charge in [0, 0.05) is 36.4 Å². The largest absolute Gasteiger partial charge is 0.497 e. The average molecular weight is 506 g/mol. The molecule has 1 saturated carbocycles. The third kappa shape index (κ3) is 4.99. The number of pyridine rings is 1. The van der Waals surface area contributed by atoms with Gasteiger partial charge in [-0.15, -0.1) is 0 Å². The predicted molar refractivity (Wildman–Crippen MR) is 139 cm³/mol. The van der Waals surface area contributed by atoms with Crippen molar-refractivity contribution in [3.05, 3.63) is 53.9 Å². The maximum Gasteiger partial charge on any atom is 0.232 e. The van der Waals surface area contributed by atoms with E-state index in [1.54, 1.807) is 24.4 Å². The Labute approximate surface area is 217 Å². The number of carbonyl (C=O) groups is 2. The summed E-state index contributed by atoms with van der Waals surface area (Å²) in [7, 11) is 1.62. The molecule has 2 amide bonds. The normalized spacial score (nSPS) is 26.3. The zero-order valence-electron chi connectivity index (χ0n) is 22.0. The van der Waals surface area contributed by atoms with Crippen LogP contribution in [0.1, 0.15) is 70.2 Å². The van der Waals surface area contributed by atoms with E-state index in [2.05, 4.69) is 15.3 Å². The molecule has 196 valence electrons. The van der Waals surface area contributed by atoms with Crippen molar-refractivity contribution in [2.75, 3.05) is 7.11 Å². The smallest absolute Gasteiger partial charge is 0.232 e. The van der Waals surface area contributed by atoms with Gasteiger partial charge in [-0.25, -0.2) is 4.99 Å². The molecule has 3 N–H and O–H groups in total. The molecule has 1 aliphatic carbocycles. The lowest BCUT2D eigenvalue weighted by molar-refractivity contribution is -0.132. The van der Waals surface area contributed by atoms with E-state index in [4.69, 9.17) is 15.2 Å². The van der Waals surface area contributed by atoms with Crippen LogP contribution in [0.5, 0.6) is 11.5 Å². The van der Waals surface area contributed by atoms with E-state index in [9.17, 15) is 9.59 Å². The molecule has 3 heterocycles. The van der Waals surface area contributed by atoms with Crippen LogP contribution in [-0.2, 0) is 9.59 Å². The summed E-state index contributed by atoms with van der Waals surface area (Å²) in [5.41, 5.74) is 7.11. The molecule has 9 heteroatoms. The van der Waals surface area contributed by atoms with E-state index < -0.39 is 17.2 Å². The van der Waals surface area contributed by atoms with Gasteiger partial charge in [0.15, 0.2) is 5.96 Å². The molecule has 4 atom stereocenters. The zero-order valence-corrected chi connectivity index (χ0v) is 22.0. The number of rotatable bonds is 6. The quantitative estimate of drug-likeness (QED) is 0.620. The van der Waals surface area contributed by atoms with E-state index in [0.29, 0.717) is 24.3 Å². The zero-order chi connectivity index (χ0) is 26.5. The van der Waals surface area contributed by atoms with Crippen LogP contribution < -0.4 is 20.5 Å². The number of aliphatic imine (C=N–C) groups is 1.